The van der Waals surface area contributed by atoms with Gasteiger partial charge in [-0.1, -0.05) is 37.6 Å². The number of carbonyl (C=O) groups excluding carboxylic acids is 1. The van der Waals surface area contributed by atoms with Gasteiger partial charge < -0.3 is 14.8 Å². The lowest BCUT2D eigenvalue weighted by Gasteiger charge is -2.12. The molecule has 0 saturated carbocycles. The predicted molar refractivity (Wildman–Crippen MR) is 139 cm³/mol. The molecule has 0 aliphatic carbocycles. The molecule has 0 unspecified atom stereocenters. The first-order valence-electron chi connectivity index (χ1n) is 11.2. The Bertz CT molecular complexity index is 1390. The molecule has 3 N–H and O–H groups in total. The monoisotopic (exact) mass is 473 g/mol. The molecule has 0 spiro atoms. The van der Waals surface area contributed by atoms with Crippen LogP contribution in [0.25, 0.3) is 22.6 Å². The normalized spacial score (nSPS) is 11.9. The fraction of sp³-hybridized carbons (Fsp3) is 0.222. The van der Waals surface area contributed by atoms with Gasteiger partial charge in [0.15, 0.2) is 10.7 Å². The van der Waals surface area contributed by atoms with E-state index in [4.69, 9.17) is 16.6 Å². The standard InChI is InChI=1S/C27H27N3O3S/c1-5-16(3)18-7-11-24-22(13-18)29-26(33-24)21-10-8-19(14-23(21)31)28-27(34)30-25(32)20-9-6-15(2)12-17(20)4/h6-14,16,31H,5H2,1-4H3,(H2,28,30,32,34)/t16-/m0/s1. The summed E-state index contributed by atoms with van der Waals surface area (Å²) in [4.78, 5) is 17.1. The molecule has 4 aromatic rings. The molecule has 1 atom stereocenters. The van der Waals surface area contributed by atoms with Crippen molar-refractivity contribution in [3.63, 3.8) is 0 Å². The van der Waals surface area contributed by atoms with Crippen molar-refractivity contribution in [2.45, 2.75) is 40.0 Å². The minimum atomic E-state index is -0.293. The molecule has 0 fully saturated rings. The van der Waals surface area contributed by atoms with Gasteiger partial charge in [0.05, 0.1) is 5.56 Å². The van der Waals surface area contributed by atoms with Crippen LogP contribution < -0.4 is 10.6 Å². The number of thiocarbonyl (C=S) groups is 1. The Labute approximate surface area is 204 Å². The second kappa shape index (κ2) is 9.65. The van der Waals surface area contributed by atoms with Gasteiger partial charge in [-0.15, -0.1) is 0 Å². The Morgan fingerprint density at radius 1 is 1.12 bits per heavy atom. The summed E-state index contributed by atoms with van der Waals surface area (Å²) in [6.07, 6.45) is 1.04. The highest BCUT2D eigenvalue weighted by Gasteiger charge is 2.15. The van der Waals surface area contributed by atoms with Crippen LogP contribution in [-0.4, -0.2) is 21.1 Å². The maximum Gasteiger partial charge on any atom is 0.257 e. The van der Waals surface area contributed by atoms with Gasteiger partial charge >= 0.3 is 0 Å². The van der Waals surface area contributed by atoms with Gasteiger partial charge in [-0.3, -0.25) is 10.1 Å². The second-order valence-electron chi connectivity index (χ2n) is 8.51. The summed E-state index contributed by atoms with van der Waals surface area (Å²) in [6, 6.07) is 16.5. The van der Waals surface area contributed by atoms with Crippen molar-refractivity contribution in [1.29, 1.82) is 0 Å². The van der Waals surface area contributed by atoms with Crippen molar-refractivity contribution >= 4 is 40.0 Å². The molecule has 0 saturated heterocycles. The summed E-state index contributed by atoms with van der Waals surface area (Å²) in [5, 5.41) is 16.4. The molecule has 0 aliphatic heterocycles. The Kier molecular flexibility index (Phi) is 6.65. The number of oxazole rings is 1. The van der Waals surface area contributed by atoms with Crippen molar-refractivity contribution in [2.75, 3.05) is 5.32 Å². The first-order valence-corrected chi connectivity index (χ1v) is 11.6. The molecule has 0 bridgehead atoms. The van der Waals surface area contributed by atoms with Crippen LogP contribution >= 0.6 is 12.2 Å². The zero-order chi connectivity index (χ0) is 24.4. The van der Waals surface area contributed by atoms with Crippen LogP contribution in [0.15, 0.2) is 59.0 Å². The maximum absolute atomic E-state index is 12.5. The number of aromatic hydroxyl groups is 1. The van der Waals surface area contributed by atoms with E-state index < -0.39 is 0 Å². The van der Waals surface area contributed by atoms with Gasteiger partial charge in [-0.25, -0.2) is 4.98 Å². The third kappa shape index (κ3) is 4.94. The number of carbonyl (C=O) groups is 1. The van der Waals surface area contributed by atoms with E-state index in [1.54, 1.807) is 18.2 Å². The van der Waals surface area contributed by atoms with Crippen LogP contribution in [0, 0.1) is 13.8 Å². The quantitative estimate of drug-likeness (QED) is 0.289. The number of fused-ring (bicyclic) bond motifs is 1. The van der Waals surface area contributed by atoms with Gasteiger partial charge in [-0.2, -0.15) is 0 Å². The van der Waals surface area contributed by atoms with Crippen molar-refractivity contribution in [3.05, 3.63) is 76.9 Å². The molecule has 1 amide bonds. The number of aryl methyl sites for hydroxylation is 2. The summed E-state index contributed by atoms with van der Waals surface area (Å²) >= 11 is 5.28. The smallest absolute Gasteiger partial charge is 0.257 e. The number of hydrogen-bond acceptors (Lipinski definition) is 5. The fourth-order valence-electron chi connectivity index (χ4n) is 3.79. The summed E-state index contributed by atoms with van der Waals surface area (Å²) in [7, 11) is 0. The number of rotatable bonds is 5. The molecular weight excluding hydrogens is 446 g/mol. The van der Waals surface area contributed by atoms with Crippen LogP contribution in [0.5, 0.6) is 5.75 Å². The van der Waals surface area contributed by atoms with Gasteiger partial charge in [0.1, 0.15) is 11.3 Å². The minimum Gasteiger partial charge on any atom is -0.507 e. The van der Waals surface area contributed by atoms with Crippen LogP contribution in [0.3, 0.4) is 0 Å². The van der Waals surface area contributed by atoms with Gasteiger partial charge in [0.25, 0.3) is 5.91 Å². The molecule has 6 nitrogen and oxygen atoms in total. The first-order chi connectivity index (χ1) is 16.2. The average Bonchev–Trinajstić information content (AvgIpc) is 3.21. The van der Waals surface area contributed by atoms with Crippen LogP contribution in [0.1, 0.15) is 53.2 Å². The molecular formula is C27H27N3O3S. The zero-order valence-electron chi connectivity index (χ0n) is 19.6. The number of anilines is 1. The highest BCUT2D eigenvalue weighted by molar-refractivity contribution is 7.80. The lowest BCUT2D eigenvalue weighted by Crippen LogP contribution is -2.34. The Morgan fingerprint density at radius 3 is 2.62 bits per heavy atom. The largest absolute Gasteiger partial charge is 0.507 e. The number of amides is 1. The molecule has 7 heteroatoms. The maximum atomic E-state index is 12.5. The summed E-state index contributed by atoms with van der Waals surface area (Å²) in [5.74, 6) is 0.468. The van der Waals surface area contributed by atoms with Crippen molar-refractivity contribution in [2.24, 2.45) is 0 Å². The second-order valence-corrected chi connectivity index (χ2v) is 8.92. The van der Waals surface area contributed by atoms with Crippen molar-refractivity contribution in [1.82, 2.24) is 10.3 Å². The Hall–Kier alpha value is -3.71. The number of benzene rings is 3. The Morgan fingerprint density at radius 2 is 1.91 bits per heavy atom. The fourth-order valence-corrected chi connectivity index (χ4v) is 4.00. The van der Waals surface area contributed by atoms with Crippen molar-refractivity contribution in [3.8, 4) is 17.2 Å². The number of phenolic OH excluding ortho intramolecular Hbond substituents is 1. The van der Waals surface area contributed by atoms with E-state index in [1.165, 1.54) is 11.6 Å². The minimum absolute atomic E-state index is 0.0118. The topological polar surface area (TPSA) is 87.4 Å². The number of phenols is 1. The molecule has 174 valence electrons. The number of hydrogen-bond donors (Lipinski definition) is 3. The van der Waals surface area contributed by atoms with E-state index in [1.807, 2.05) is 44.2 Å². The van der Waals surface area contributed by atoms with Gasteiger partial charge in [0.2, 0.25) is 5.89 Å². The predicted octanol–water partition coefficient (Wildman–Crippen LogP) is 6.46. The molecule has 4 rings (SSSR count). The van der Waals surface area contributed by atoms with Crippen LogP contribution in [-0.2, 0) is 0 Å². The summed E-state index contributed by atoms with van der Waals surface area (Å²) in [6.45, 7) is 8.18. The molecule has 0 radical (unpaired) electrons. The van der Waals surface area contributed by atoms with Gasteiger partial charge in [-0.05, 0) is 79.9 Å². The van der Waals surface area contributed by atoms with E-state index in [2.05, 4.69) is 29.5 Å². The number of nitrogens with zero attached hydrogens (tertiary/aromatic N) is 1. The Balaban J connectivity index is 1.48. The highest BCUT2D eigenvalue weighted by Crippen LogP contribution is 2.34. The summed E-state index contributed by atoms with van der Waals surface area (Å²) < 4.78 is 5.87. The lowest BCUT2D eigenvalue weighted by atomic mass is 9.98. The van der Waals surface area contributed by atoms with E-state index in [-0.39, 0.29) is 16.8 Å². The first kappa shape index (κ1) is 23.4. The molecule has 3 aromatic carbocycles. The van der Waals surface area contributed by atoms with E-state index in [0.29, 0.717) is 34.2 Å². The van der Waals surface area contributed by atoms with E-state index in [0.717, 1.165) is 23.1 Å². The highest BCUT2D eigenvalue weighted by atomic mass is 32.1. The molecule has 1 heterocycles. The molecule has 0 aliphatic rings. The van der Waals surface area contributed by atoms with Crippen LogP contribution in [0.4, 0.5) is 5.69 Å². The SMILES string of the molecule is CC[C@H](C)c1ccc2oc(-c3ccc(NC(=S)NC(=O)c4ccc(C)cc4C)cc3O)nc2c1. The number of nitrogens with one attached hydrogen (secondary N) is 2. The van der Waals surface area contributed by atoms with Crippen molar-refractivity contribution < 1.29 is 14.3 Å². The third-order valence-electron chi connectivity index (χ3n) is 5.93. The average molecular weight is 474 g/mol. The van der Waals surface area contributed by atoms with Crippen LogP contribution in [0.2, 0.25) is 0 Å². The number of aromatic nitrogens is 1. The molecule has 34 heavy (non-hydrogen) atoms. The zero-order valence-corrected chi connectivity index (χ0v) is 20.4. The van der Waals surface area contributed by atoms with E-state index >= 15 is 0 Å². The lowest BCUT2D eigenvalue weighted by molar-refractivity contribution is 0.0977. The third-order valence-corrected chi connectivity index (χ3v) is 6.14. The van der Waals surface area contributed by atoms with Gasteiger partial charge in [0, 0.05) is 17.3 Å². The summed E-state index contributed by atoms with van der Waals surface area (Å²) in [5.41, 5.74) is 6.13. The molecule has 1 aromatic heterocycles. The van der Waals surface area contributed by atoms with E-state index in [9.17, 15) is 9.90 Å².